The van der Waals surface area contributed by atoms with Gasteiger partial charge in [0.2, 0.25) is 11.8 Å². The van der Waals surface area contributed by atoms with Gasteiger partial charge >= 0.3 is 0 Å². The molecule has 152 valence electrons. The molecule has 1 fully saturated rings. The van der Waals surface area contributed by atoms with Crippen LogP contribution in [0.4, 0.5) is 5.69 Å². The molecule has 2 unspecified atom stereocenters. The van der Waals surface area contributed by atoms with Gasteiger partial charge in [-0.05, 0) is 34.4 Å². The van der Waals surface area contributed by atoms with Crippen LogP contribution in [-0.4, -0.2) is 25.2 Å². The maximum Gasteiger partial charge on any atom is 0.239 e. The highest BCUT2D eigenvalue weighted by molar-refractivity contribution is 6.25. The lowest BCUT2D eigenvalue weighted by Gasteiger charge is -2.51. The SMILES string of the molecule is COc1ccccc1N1C(=O)C2C3c4ccccc4C(C=O)(c4ccccc43)C2C1=O. The van der Waals surface area contributed by atoms with E-state index in [-0.39, 0.29) is 17.7 Å². The van der Waals surface area contributed by atoms with Crippen molar-refractivity contribution in [2.24, 2.45) is 11.8 Å². The molecule has 0 saturated carbocycles. The van der Waals surface area contributed by atoms with E-state index in [1.807, 2.05) is 48.5 Å². The van der Waals surface area contributed by atoms with E-state index in [1.54, 1.807) is 24.3 Å². The van der Waals surface area contributed by atoms with Gasteiger partial charge in [-0.1, -0.05) is 60.7 Å². The van der Waals surface area contributed by atoms with Gasteiger partial charge in [0.05, 0.1) is 30.0 Å². The van der Waals surface area contributed by atoms with Gasteiger partial charge in [-0.25, -0.2) is 4.90 Å². The second-order valence-corrected chi connectivity index (χ2v) is 8.33. The minimum absolute atomic E-state index is 0.268. The van der Waals surface area contributed by atoms with Crippen molar-refractivity contribution in [1.82, 2.24) is 0 Å². The summed E-state index contributed by atoms with van der Waals surface area (Å²) < 4.78 is 5.44. The highest BCUT2D eigenvalue weighted by Crippen LogP contribution is 2.63. The largest absolute Gasteiger partial charge is 0.495 e. The van der Waals surface area contributed by atoms with Crippen LogP contribution in [0.2, 0.25) is 0 Å². The number of amides is 2. The summed E-state index contributed by atoms with van der Waals surface area (Å²) in [7, 11) is 1.51. The van der Waals surface area contributed by atoms with E-state index in [2.05, 4.69) is 0 Å². The molecule has 0 radical (unpaired) electrons. The number of benzene rings is 3. The molecule has 0 spiro atoms. The quantitative estimate of drug-likeness (QED) is 0.491. The molecule has 3 aliphatic carbocycles. The predicted octanol–water partition coefficient (Wildman–Crippen LogP) is 3.44. The minimum Gasteiger partial charge on any atom is -0.495 e. The van der Waals surface area contributed by atoms with Crippen LogP contribution in [0.25, 0.3) is 0 Å². The summed E-state index contributed by atoms with van der Waals surface area (Å²) in [5.74, 6) is -1.86. The van der Waals surface area contributed by atoms with Gasteiger partial charge < -0.3 is 9.53 Å². The lowest BCUT2D eigenvalue weighted by Crippen LogP contribution is -2.54. The molecular formula is C26H19NO4. The van der Waals surface area contributed by atoms with Crippen molar-refractivity contribution in [3.63, 3.8) is 0 Å². The van der Waals surface area contributed by atoms with E-state index in [9.17, 15) is 14.4 Å². The lowest BCUT2D eigenvalue weighted by atomic mass is 9.48. The number of carbonyl (C=O) groups excluding carboxylic acids is 3. The van der Waals surface area contributed by atoms with Crippen LogP contribution < -0.4 is 9.64 Å². The number of para-hydroxylation sites is 2. The highest BCUT2D eigenvalue weighted by atomic mass is 16.5. The number of hydrogen-bond acceptors (Lipinski definition) is 4. The van der Waals surface area contributed by atoms with Crippen molar-refractivity contribution in [2.45, 2.75) is 11.3 Å². The zero-order valence-corrected chi connectivity index (χ0v) is 16.8. The smallest absolute Gasteiger partial charge is 0.239 e. The Labute approximate surface area is 179 Å². The molecule has 2 atom stereocenters. The number of aldehydes is 1. The van der Waals surface area contributed by atoms with Crippen LogP contribution in [0.15, 0.2) is 72.8 Å². The van der Waals surface area contributed by atoms with E-state index in [4.69, 9.17) is 4.74 Å². The van der Waals surface area contributed by atoms with Gasteiger partial charge in [0.1, 0.15) is 12.0 Å². The fourth-order valence-electron chi connectivity index (χ4n) is 6.08. The van der Waals surface area contributed by atoms with Crippen LogP contribution >= 0.6 is 0 Å². The number of anilines is 1. The van der Waals surface area contributed by atoms with Gasteiger partial charge in [-0.3, -0.25) is 9.59 Å². The number of imide groups is 1. The zero-order valence-electron chi connectivity index (χ0n) is 16.8. The third kappa shape index (κ3) is 1.99. The van der Waals surface area contributed by atoms with Crippen LogP contribution in [0.1, 0.15) is 28.2 Å². The van der Waals surface area contributed by atoms with Gasteiger partial charge in [0, 0.05) is 5.92 Å². The Hall–Kier alpha value is -3.73. The highest BCUT2D eigenvalue weighted by Gasteiger charge is 2.68. The maximum absolute atomic E-state index is 13.9. The lowest BCUT2D eigenvalue weighted by molar-refractivity contribution is -0.128. The van der Waals surface area contributed by atoms with Crippen LogP contribution in [0, 0.1) is 11.8 Å². The second kappa shape index (κ2) is 6.14. The summed E-state index contributed by atoms with van der Waals surface area (Å²) in [6.45, 7) is 0. The molecule has 2 bridgehead atoms. The number of carbonyl (C=O) groups is 3. The van der Waals surface area contributed by atoms with Gasteiger partial charge in [-0.15, -0.1) is 0 Å². The molecule has 5 heteroatoms. The molecule has 0 N–H and O–H groups in total. The molecule has 0 aromatic heterocycles. The van der Waals surface area contributed by atoms with Crippen LogP contribution in [0.3, 0.4) is 0 Å². The van der Waals surface area contributed by atoms with E-state index in [0.29, 0.717) is 11.4 Å². The summed E-state index contributed by atoms with van der Waals surface area (Å²) in [5.41, 5.74) is 2.81. The second-order valence-electron chi connectivity index (χ2n) is 8.33. The molecule has 7 rings (SSSR count). The van der Waals surface area contributed by atoms with E-state index >= 15 is 0 Å². The van der Waals surface area contributed by atoms with E-state index in [0.717, 1.165) is 28.5 Å². The molecule has 1 saturated heterocycles. The number of hydrogen-bond donors (Lipinski definition) is 0. The van der Waals surface area contributed by atoms with Crippen molar-refractivity contribution >= 4 is 23.8 Å². The topological polar surface area (TPSA) is 63.7 Å². The molecule has 1 aliphatic heterocycles. The van der Waals surface area contributed by atoms with Crippen molar-refractivity contribution in [3.05, 3.63) is 95.1 Å². The first-order valence-corrected chi connectivity index (χ1v) is 10.3. The molecule has 2 amide bonds. The first-order valence-electron chi connectivity index (χ1n) is 10.3. The fraction of sp³-hybridized carbons (Fsp3) is 0.192. The molecule has 5 nitrogen and oxygen atoms in total. The van der Waals surface area contributed by atoms with Crippen molar-refractivity contribution in [1.29, 1.82) is 0 Å². The summed E-state index contributed by atoms with van der Waals surface area (Å²) in [4.78, 5) is 41.9. The van der Waals surface area contributed by atoms with Crippen LogP contribution in [-0.2, 0) is 19.8 Å². The average molecular weight is 409 g/mol. The Morgan fingerprint density at radius 3 is 2.03 bits per heavy atom. The Morgan fingerprint density at radius 2 is 1.42 bits per heavy atom. The number of rotatable bonds is 3. The minimum atomic E-state index is -1.18. The standard InChI is InChI=1S/C26H19NO4/c1-31-20-13-7-6-12-19(20)27-24(29)22-21-15-8-2-4-10-17(15)26(14-28,23(22)25(27)30)18-11-5-3-9-16(18)21/h2-14,21-23H,1H3. The molecule has 1 heterocycles. The average Bonchev–Trinajstić information content (AvgIpc) is 3.09. The number of ether oxygens (including phenoxy) is 1. The molecular weight excluding hydrogens is 390 g/mol. The third-order valence-electron chi connectivity index (χ3n) is 7.20. The molecule has 4 aliphatic rings. The Balaban J connectivity index is 1.65. The van der Waals surface area contributed by atoms with Crippen LogP contribution in [0.5, 0.6) is 5.75 Å². The zero-order chi connectivity index (χ0) is 21.3. The van der Waals surface area contributed by atoms with E-state index < -0.39 is 17.3 Å². The first kappa shape index (κ1) is 18.1. The summed E-state index contributed by atoms with van der Waals surface area (Å²) in [5, 5.41) is 0. The number of nitrogens with zero attached hydrogens (tertiary/aromatic N) is 1. The van der Waals surface area contributed by atoms with Gasteiger partial charge in [-0.2, -0.15) is 0 Å². The van der Waals surface area contributed by atoms with Crippen molar-refractivity contribution < 1.29 is 19.1 Å². The fourth-order valence-corrected chi connectivity index (χ4v) is 6.08. The van der Waals surface area contributed by atoms with E-state index in [1.165, 1.54) is 12.0 Å². The van der Waals surface area contributed by atoms with Crippen molar-refractivity contribution in [2.75, 3.05) is 12.0 Å². The van der Waals surface area contributed by atoms with Gasteiger partial charge in [0.25, 0.3) is 0 Å². The third-order valence-corrected chi connectivity index (χ3v) is 7.20. The Morgan fingerprint density at radius 1 is 0.839 bits per heavy atom. The Kier molecular flexibility index (Phi) is 3.58. The van der Waals surface area contributed by atoms with Crippen molar-refractivity contribution in [3.8, 4) is 5.75 Å². The summed E-state index contributed by atoms with van der Waals surface area (Å²) in [6.07, 6.45) is 0.884. The summed E-state index contributed by atoms with van der Waals surface area (Å²) in [6, 6.07) is 22.4. The summed E-state index contributed by atoms with van der Waals surface area (Å²) >= 11 is 0. The first-order chi connectivity index (χ1) is 15.1. The normalized spacial score (nSPS) is 27.5. The Bertz CT molecular complexity index is 1230. The predicted molar refractivity (Wildman–Crippen MR) is 114 cm³/mol. The maximum atomic E-state index is 13.9. The molecule has 31 heavy (non-hydrogen) atoms. The monoisotopic (exact) mass is 409 g/mol. The molecule has 3 aromatic carbocycles. The number of methoxy groups -OCH3 is 1. The molecule has 3 aromatic rings. The van der Waals surface area contributed by atoms with Gasteiger partial charge in [0.15, 0.2) is 0 Å².